The first kappa shape index (κ1) is 31.0. The molecular formula is C27H32FN3O7S3. The molecule has 222 valence electrons. The third kappa shape index (κ3) is 7.87. The molecule has 0 saturated heterocycles. The summed E-state index contributed by atoms with van der Waals surface area (Å²) in [6, 6.07) is 4.17. The molecular weight excluding hydrogens is 594 g/mol. The fraction of sp³-hybridized carbons (Fsp3) is 0.481. The van der Waals surface area contributed by atoms with Gasteiger partial charge in [-0.2, -0.15) is 4.99 Å². The normalized spacial score (nSPS) is 14.1. The average Bonchev–Trinajstić information content (AvgIpc) is 3.29. The highest BCUT2D eigenvalue weighted by atomic mass is 32.2. The van der Waals surface area contributed by atoms with Gasteiger partial charge in [-0.15, -0.1) is 11.3 Å². The van der Waals surface area contributed by atoms with Crippen molar-refractivity contribution < 1.29 is 36.7 Å². The number of aryl methyl sites for hydroxylation is 1. The van der Waals surface area contributed by atoms with Crippen molar-refractivity contribution in [1.29, 1.82) is 0 Å². The van der Waals surface area contributed by atoms with Crippen molar-refractivity contribution in [3.05, 3.63) is 44.8 Å². The van der Waals surface area contributed by atoms with Gasteiger partial charge in [-0.1, -0.05) is 17.8 Å². The largest absolute Gasteiger partial charge is 0.462 e. The fourth-order valence-corrected chi connectivity index (χ4v) is 8.05. The minimum absolute atomic E-state index is 0.164. The van der Waals surface area contributed by atoms with Crippen LogP contribution in [0, 0.1) is 5.82 Å². The lowest BCUT2D eigenvalue weighted by molar-refractivity contribution is -0.115. The van der Waals surface area contributed by atoms with E-state index in [0.717, 1.165) is 47.5 Å². The average molecular weight is 626 g/mol. The van der Waals surface area contributed by atoms with Crippen molar-refractivity contribution >= 4 is 65.5 Å². The van der Waals surface area contributed by atoms with Gasteiger partial charge >= 0.3 is 5.97 Å². The third-order valence-corrected chi connectivity index (χ3v) is 10.0. The first-order valence-corrected chi connectivity index (χ1v) is 16.8. The van der Waals surface area contributed by atoms with Crippen molar-refractivity contribution in [3.63, 3.8) is 0 Å². The minimum Gasteiger partial charge on any atom is -0.462 e. The van der Waals surface area contributed by atoms with E-state index in [1.54, 1.807) is 17.6 Å². The van der Waals surface area contributed by atoms with Gasteiger partial charge in [0.15, 0.2) is 14.6 Å². The Morgan fingerprint density at radius 1 is 1.07 bits per heavy atom. The highest BCUT2D eigenvalue weighted by molar-refractivity contribution is 7.92. The number of rotatable bonds is 11. The molecule has 0 saturated carbocycles. The van der Waals surface area contributed by atoms with Gasteiger partial charge in [0, 0.05) is 18.0 Å². The summed E-state index contributed by atoms with van der Waals surface area (Å²) >= 11 is 2.31. The number of benzene rings is 1. The van der Waals surface area contributed by atoms with Crippen molar-refractivity contribution in [1.82, 2.24) is 4.57 Å². The van der Waals surface area contributed by atoms with Gasteiger partial charge in [0.05, 0.1) is 29.0 Å². The van der Waals surface area contributed by atoms with E-state index in [1.807, 2.05) is 6.92 Å². The van der Waals surface area contributed by atoms with Gasteiger partial charge in [-0.3, -0.25) is 9.59 Å². The van der Waals surface area contributed by atoms with E-state index in [0.29, 0.717) is 36.4 Å². The number of nitrogens with zero attached hydrogens (tertiary/aromatic N) is 2. The molecule has 1 aliphatic carbocycles. The van der Waals surface area contributed by atoms with E-state index in [-0.39, 0.29) is 22.0 Å². The molecule has 0 fully saturated rings. The molecule has 10 nitrogen and oxygen atoms in total. The number of thiophene rings is 1. The van der Waals surface area contributed by atoms with Crippen LogP contribution in [0.2, 0.25) is 0 Å². The van der Waals surface area contributed by atoms with Crippen LogP contribution in [0.3, 0.4) is 0 Å². The Balaban J connectivity index is 1.51. The van der Waals surface area contributed by atoms with Gasteiger partial charge in [0.2, 0.25) is 5.91 Å². The van der Waals surface area contributed by atoms with E-state index in [1.165, 1.54) is 23.5 Å². The topological polar surface area (TPSA) is 133 Å². The second kappa shape index (κ2) is 13.8. The molecule has 0 radical (unpaired) electrons. The number of carbonyl (C=O) groups is 3. The number of hydrogen-bond acceptors (Lipinski definition) is 9. The number of sulfone groups is 1. The monoisotopic (exact) mass is 625 g/mol. The lowest BCUT2D eigenvalue weighted by Gasteiger charge is -2.08. The van der Waals surface area contributed by atoms with Crippen molar-refractivity contribution in [3.8, 4) is 0 Å². The Hall–Kier alpha value is -2.94. The maximum atomic E-state index is 13.8. The number of carbonyl (C=O) groups excluding carboxylic acids is 3. The van der Waals surface area contributed by atoms with Gasteiger partial charge < -0.3 is 19.4 Å². The third-order valence-electron chi connectivity index (χ3n) is 6.38. The van der Waals surface area contributed by atoms with E-state index < -0.39 is 44.9 Å². The Labute approximate surface area is 245 Å². The standard InChI is InChI=1S/C27H32FN3O7S3/c1-3-37-13-12-31-19-11-10-17(28)14-21(19)40-27(31)30-23(33)16-41(35,36)15-22(32)29-25-24(26(34)38-4-2)18-8-6-5-7-9-20(18)39-25/h10-11,14H,3-9,12-13,15-16H2,1-2H3,(H,29,32). The van der Waals surface area contributed by atoms with Crippen LogP contribution >= 0.6 is 22.7 Å². The molecule has 0 unspecified atom stereocenters. The van der Waals surface area contributed by atoms with Crippen molar-refractivity contribution in [2.45, 2.75) is 52.5 Å². The molecule has 1 N–H and O–H groups in total. The van der Waals surface area contributed by atoms with E-state index >= 15 is 0 Å². The Bertz CT molecular complexity index is 1620. The van der Waals surface area contributed by atoms with Crippen LogP contribution in [0.1, 0.15) is 53.9 Å². The minimum atomic E-state index is -4.20. The maximum absolute atomic E-state index is 13.8. The van der Waals surface area contributed by atoms with E-state index in [2.05, 4.69) is 10.3 Å². The number of halogens is 1. The van der Waals surface area contributed by atoms with Gasteiger partial charge in [-0.25, -0.2) is 17.6 Å². The van der Waals surface area contributed by atoms with Crippen LogP contribution in [-0.2, 0) is 48.3 Å². The van der Waals surface area contributed by atoms with Crippen LogP contribution in [-0.4, -0.2) is 62.1 Å². The maximum Gasteiger partial charge on any atom is 0.341 e. The Kier molecular flexibility index (Phi) is 10.4. The zero-order valence-corrected chi connectivity index (χ0v) is 25.3. The number of esters is 1. The van der Waals surface area contributed by atoms with Crippen LogP contribution in [0.25, 0.3) is 10.2 Å². The predicted molar refractivity (Wildman–Crippen MR) is 156 cm³/mol. The summed E-state index contributed by atoms with van der Waals surface area (Å²) in [7, 11) is -4.20. The molecule has 2 heterocycles. The first-order valence-electron chi connectivity index (χ1n) is 13.4. The number of thiazole rings is 1. The quantitative estimate of drug-likeness (QED) is 0.194. The number of nitrogens with one attached hydrogen (secondary N) is 1. The fourth-order valence-electron chi connectivity index (χ4n) is 4.64. The number of ether oxygens (including phenoxy) is 2. The van der Waals surface area contributed by atoms with Gasteiger partial charge in [0.25, 0.3) is 5.91 Å². The van der Waals surface area contributed by atoms with E-state index in [4.69, 9.17) is 9.47 Å². The smallest absolute Gasteiger partial charge is 0.341 e. The zero-order chi connectivity index (χ0) is 29.6. The molecule has 41 heavy (non-hydrogen) atoms. The van der Waals surface area contributed by atoms with Crippen LogP contribution < -0.4 is 10.1 Å². The van der Waals surface area contributed by atoms with Gasteiger partial charge in [-0.05, 0) is 63.3 Å². The lowest BCUT2D eigenvalue weighted by atomic mass is 10.1. The summed E-state index contributed by atoms with van der Waals surface area (Å²) in [4.78, 5) is 43.4. The summed E-state index contributed by atoms with van der Waals surface area (Å²) in [5.41, 5.74) is 1.76. The molecule has 2 aromatic heterocycles. The second-order valence-corrected chi connectivity index (χ2v) is 13.6. The summed E-state index contributed by atoms with van der Waals surface area (Å²) in [5.74, 6) is -4.76. The number of amides is 2. The van der Waals surface area contributed by atoms with Crippen molar-refractivity contribution in [2.24, 2.45) is 4.99 Å². The predicted octanol–water partition coefficient (Wildman–Crippen LogP) is 3.87. The van der Waals surface area contributed by atoms with E-state index in [9.17, 15) is 27.2 Å². The highest BCUT2D eigenvalue weighted by Gasteiger charge is 2.28. The molecule has 14 heteroatoms. The molecule has 0 bridgehead atoms. The molecule has 0 aliphatic heterocycles. The zero-order valence-electron chi connectivity index (χ0n) is 22.9. The summed E-state index contributed by atoms with van der Waals surface area (Å²) < 4.78 is 52.2. The second-order valence-electron chi connectivity index (χ2n) is 9.42. The molecule has 0 spiro atoms. The molecule has 2 amide bonds. The Morgan fingerprint density at radius 2 is 1.85 bits per heavy atom. The van der Waals surface area contributed by atoms with Crippen LogP contribution in [0.5, 0.6) is 0 Å². The number of aromatic nitrogens is 1. The number of hydrogen-bond donors (Lipinski definition) is 1. The lowest BCUT2D eigenvalue weighted by Crippen LogP contribution is -2.28. The molecule has 3 aromatic rings. The summed E-state index contributed by atoms with van der Waals surface area (Å²) in [6.45, 7) is 4.82. The summed E-state index contributed by atoms with van der Waals surface area (Å²) in [5, 5.41) is 2.84. The Morgan fingerprint density at radius 3 is 2.61 bits per heavy atom. The van der Waals surface area contributed by atoms with Gasteiger partial charge in [0.1, 0.15) is 22.3 Å². The molecule has 4 rings (SSSR count). The van der Waals surface area contributed by atoms with Crippen LogP contribution in [0.15, 0.2) is 23.2 Å². The molecule has 1 aliphatic rings. The first-order chi connectivity index (χ1) is 19.6. The van der Waals surface area contributed by atoms with Crippen molar-refractivity contribution in [2.75, 3.05) is 36.6 Å². The highest BCUT2D eigenvalue weighted by Crippen LogP contribution is 2.38. The van der Waals surface area contributed by atoms with Crippen LogP contribution in [0.4, 0.5) is 9.39 Å². The SMILES string of the molecule is CCOCCn1c(=NC(=O)CS(=O)(=O)CC(=O)Nc2sc3c(c2C(=O)OCC)CCCCC3)sc2cc(F)ccc21. The number of fused-ring (bicyclic) bond motifs is 2. The number of anilines is 1. The molecule has 0 atom stereocenters. The molecule has 1 aromatic carbocycles. The summed E-state index contributed by atoms with van der Waals surface area (Å²) in [6.07, 6.45) is 4.35.